The zero-order valence-corrected chi connectivity index (χ0v) is 40.1. The van der Waals surface area contributed by atoms with E-state index < -0.39 is 5.41 Å². The summed E-state index contributed by atoms with van der Waals surface area (Å²) in [5.74, 6) is 0. The second kappa shape index (κ2) is 15.3. The van der Waals surface area contributed by atoms with Crippen molar-refractivity contribution in [2.75, 3.05) is 4.90 Å². The molecule has 2 heteroatoms. The molecule has 0 saturated heterocycles. The molecule has 3 aliphatic carbocycles. The summed E-state index contributed by atoms with van der Waals surface area (Å²) < 4.78 is 2.38. The van der Waals surface area contributed by atoms with Gasteiger partial charge in [0.1, 0.15) is 0 Å². The summed E-state index contributed by atoms with van der Waals surface area (Å²) in [6.07, 6.45) is 0. The van der Waals surface area contributed by atoms with E-state index in [0.29, 0.717) is 0 Å². The van der Waals surface area contributed by atoms with Crippen LogP contribution in [-0.2, 0) is 10.8 Å². The number of para-hydroxylation sites is 2. The largest absolute Gasteiger partial charge is 0.310 e. The van der Waals surface area contributed by atoms with Gasteiger partial charge in [-0.1, -0.05) is 208 Å². The highest BCUT2D eigenvalue weighted by Crippen LogP contribution is 2.65. The Labute approximate surface area is 420 Å². The van der Waals surface area contributed by atoms with Crippen molar-refractivity contribution in [1.82, 2.24) is 4.57 Å². The third-order valence-corrected chi connectivity index (χ3v) is 16.4. The van der Waals surface area contributed by atoms with Gasteiger partial charge in [-0.15, -0.1) is 0 Å². The lowest BCUT2D eigenvalue weighted by Gasteiger charge is -2.32. The quantitative estimate of drug-likeness (QED) is 0.161. The number of hydrogen-bond acceptors (Lipinski definition) is 1. The van der Waals surface area contributed by atoms with Crippen molar-refractivity contribution < 1.29 is 0 Å². The molecule has 0 radical (unpaired) electrons. The normalized spacial score (nSPS) is 13.9. The molecular formula is C70H48N2. The van der Waals surface area contributed by atoms with E-state index in [1.165, 1.54) is 111 Å². The van der Waals surface area contributed by atoms with Gasteiger partial charge in [-0.05, 0) is 144 Å². The Kier molecular flexibility index (Phi) is 8.66. The van der Waals surface area contributed by atoms with E-state index in [2.05, 4.69) is 278 Å². The molecule has 0 unspecified atom stereocenters. The molecule has 72 heavy (non-hydrogen) atoms. The zero-order valence-electron chi connectivity index (χ0n) is 40.1. The van der Waals surface area contributed by atoms with Crippen molar-refractivity contribution in [2.24, 2.45) is 0 Å². The van der Waals surface area contributed by atoms with E-state index in [4.69, 9.17) is 0 Å². The number of benzene rings is 11. The van der Waals surface area contributed by atoms with Crippen LogP contribution in [0.1, 0.15) is 47.2 Å². The van der Waals surface area contributed by atoms with E-state index in [1.807, 2.05) is 0 Å². The van der Waals surface area contributed by atoms with Gasteiger partial charge in [0.2, 0.25) is 0 Å². The Balaban J connectivity index is 0.911. The van der Waals surface area contributed by atoms with Crippen LogP contribution in [0.5, 0.6) is 0 Å². The highest BCUT2D eigenvalue weighted by molar-refractivity contribution is 6.10. The lowest BCUT2D eigenvalue weighted by molar-refractivity contribution is 0.660. The molecule has 1 spiro atoms. The SMILES string of the molecule is CC1(C)c2ccccc2-c2c(-c3ccc(N(c4ccc(-c5ccc6c(c5)c5ccccc5n6-c5ccccc5)cc4)c4cccc5c4-c4ccccc4C54c5ccccc5-c5ccccc54)cc3)cccc21. The Morgan fingerprint density at radius 1 is 0.319 bits per heavy atom. The van der Waals surface area contributed by atoms with Crippen LogP contribution in [0.4, 0.5) is 17.1 Å². The Morgan fingerprint density at radius 3 is 1.50 bits per heavy atom. The molecule has 338 valence electrons. The first-order valence-corrected chi connectivity index (χ1v) is 25.3. The summed E-state index contributed by atoms with van der Waals surface area (Å²) in [5.41, 5.74) is 27.2. The molecule has 0 atom stereocenters. The lowest BCUT2D eigenvalue weighted by Crippen LogP contribution is -2.26. The van der Waals surface area contributed by atoms with Crippen LogP contribution in [0.2, 0.25) is 0 Å². The molecule has 0 saturated carbocycles. The Bertz CT molecular complexity index is 4130. The van der Waals surface area contributed by atoms with Crippen LogP contribution in [0.3, 0.4) is 0 Å². The maximum atomic E-state index is 2.50. The Morgan fingerprint density at radius 2 is 0.806 bits per heavy atom. The van der Waals surface area contributed by atoms with Gasteiger partial charge in [-0.2, -0.15) is 0 Å². The van der Waals surface area contributed by atoms with Crippen molar-refractivity contribution in [3.8, 4) is 61.3 Å². The second-order valence-electron chi connectivity index (χ2n) is 20.3. The summed E-state index contributed by atoms with van der Waals surface area (Å²) in [6, 6.07) is 95.2. The average molecular weight is 917 g/mol. The number of anilines is 3. The summed E-state index contributed by atoms with van der Waals surface area (Å²) in [5, 5.41) is 2.50. The first kappa shape index (κ1) is 40.9. The van der Waals surface area contributed by atoms with Crippen molar-refractivity contribution in [2.45, 2.75) is 24.7 Å². The third kappa shape index (κ3) is 5.55. The van der Waals surface area contributed by atoms with Crippen molar-refractivity contribution in [1.29, 1.82) is 0 Å². The van der Waals surface area contributed by atoms with Gasteiger partial charge in [-0.3, -0.25) is 0 Å². The fourth-order valence-electron chi connectivity index (χ4n) is 13.3. The summed E-state index contributed by atoms with van der Waals surface area (Å²) >= 11 is 0. The van der Waals surface area contributed by atoms with Gasteiger partial charge in [-0.25, -0.2) is 0 Å². The van der Waals surface area contributed by atoms with Crippen LogP contribution in [0.25, 0.3) is 83.1 Å². The monoisotopic (exact) mass is 916 g/mol. The van der Waals surface area contributed by atoms with E-state index in [1.54, 1.807) is 0 Å². The minimum absolute atomic E-state index is 0.0701. The first-order chi connectivity index (χ1) is 35.5. The molecular weight excluding hydrogens is 869 g/mol. The van der Waals surface area contributed by atoms with Crippen LogP contribution >= 0.6 is 0 Å². The average Bonchev–Trinajstić information content (AvgIpc) is 4.12. The number of fused-ring (bicyclic) bond motifs is 16. The minimum atomic E-state index is -0.450. The molecule has 0 fully saturated rings. The fraction of sp³-hybridized carbons (Fsp3) is 0.0571. The molecule has 1 aromatic heterocycles. The minimum Gasteiger partial charge on any atom is -0.310 e. The van der Waals surface area contributed by atoms with Gasteiger partial charge in [0.25, 0.3) is 0 Å². The Hall–Kier alpha value is -8.98. The van der Waals surface area contributed by atoms with Gasteiger partial charge < -0.3 is 9.47 Å². The van der Waals surface area contributed by atoms with Gasteiger partial charge in [0.15, 0.2) is 0 Å². The third-order valence-electron chi connectivity index (χ3n) is 16.4. The van der Waals surface area contributed by atoms with Crippen LogP contribution in [0.15, 0.2) is 255 Å². The van der Waals surface area contributed by atoms with Gasteiger partial charge in [0.05, 0.1) is 22.1 Å². The number of nitrogens with zero attached hydrogens (tertiary/aromatic N) is 2. The van der Waals surface area contributed by atoms with E-state index in [0.717, 1.165) is 22.7 Å². The zero-order chi connectivity index (χ0) is 47.7. The highest BCUT2D eigenvalue weighted by Gasteiger charge is 2.52. The molecule has 1 heterocycles. The summed E-state index contributed by atoms with van der Waals surface area (Å²) in [7, 11) is 0. The number of rotatable bonds is 6. The summed E-state index contributed by atoms with van der Waals surface area (Å²) in [6.45, 7) is 4.72. The number of aromatic nitrogens is 1. The van der Waals surface area contributed by atoms with Crippen molar-refractivity contribution in [3.05, 3.63) is 288 Å². The summed E-state index contributed by atoms with van der Waals surface area (Å²) in [4.78, 5) is 2.50. The molecule has 2 nitrogen and oxygen atoms in total. The molecule has 0 N–H and O–H groups in total. The molecule has 0 amide bonds. The predicted molar refractivity (Wildman–Crippen MR) is 300 cm³/mol. The number of hydrogen-bond donors (Lipinski definition) is 0. The fourth-order valence-corrected chi connectivity index (χ4v) is 13.3. The van der Waals surface area contributed by atoms with Crippen molar-refractivity contribution in [3.63, 3.8) is 0 Å². The van der Waals surface area contributed by atoms with Crippen LogP contribution in [-0.4, -0.2) is 4.57 Å². The smallest absolute Gasteiger partial charge is 0.0726 e. The van der Waals surface area contributed by atoms with Crippen molar-refractivity contribution >= 4 is 38.9 Å². The molecule has 3 aliphatic rings. The second-order valence-corrected chi connectivity index (χ2v) is 20.3. The van der Waals surface area contributed by atoms with E-state index >= 15 is 0 Å². The predicted octanol–water partition coefficient (Wildman–Crippen LogP) is 18.2. The topological polar surface area (TPSA) is 8.17 Å². The van der Waals surface area contributed by atoms with E-state index in [9.17, 15) is 0 Å². The highest BCUT2D eigenvalue weighted by atomic mass is 15.1. The van der Waals surface area contributed by atoms with E-state index in [-0.39, 0.29) is 5.41 Å². The molecule has 15 rings (SSSR count). The van der Waals surface area contributed by atoms with Crippen LogP contribution in [0, 0.1) is 0 Å². The van der Waals surface area contributed by atoms with Gasteiger partial charge in [0, 0.05) is 38.8 Å². The standard InChI is InChI=1S/C70H48N2/c1-69(2)58-26-11-8-23-55(58)67-51(25-16-30-62(67)69)46-36-41-50(42-37-46)71(49-39-34-45(35-40-49)47-38-43-65-57(44-47)54-22-10-15-32-64(54)72(65)48-18-4-3-5-19-48)66-33-17-31-63-68(66)56-24-9-14-29-61(56)70(63)59-27-12-6-20-52(59)53-21-7-13-28-60(53)70/h3-44H,1-2H3. The van der Waals surface area contributed by atoms with Gasteiger partial charge >= 0.3 is 0 Å². The molecule has 0 aliphatic heterocycles. The maximum Gasteiger partial charge on any atom is 0.0726 e. The maximum absolute atomic E-state index is 2.50. The lowest BCUT2D eigenvalue weighted by atomic mass is 9.70. The molecule has 11 aromatic carbocycles. The first-order valence-electron chi connectivity index (χ1n) is 25.3. The molecule has 12 aromatic rings. The van der Waals surface area contributed by atoms with Crippen LogP contribution < -0.4 is 4.90 Å². The molecule has 0 bridgehead atoms.